The van der Waals surface area contributed by atoms with E-state index in [1.807, 2.05) is 21.1 Å². The standard InChI is InChI=1S/C7H18NO4P.C3H5NO/c1-5-11-13(9,10)12-7-6-8(2,3)4;1-2-3(4)5/h5-7H2,1-4H3;2H,1H2,(H2,4,5). The minimum atomic E-state index is -4.04. The molecule has 8 heteroatoms. The summed E-state index contributed by atoms with van der Waals surface area (Å²) < 4.78 is 20.6. The topological polar surface area (TPSA) is 102 Å². The smallest absolute Gasteiger partial charge is 0.268 e. The van der Waals surface area contributed by atoms with Crippen LogP contribution < -0.4 is 10.6 Å². The molecule has 1 amide bonds. The van der Waals surface area contributed by atoms with Crippen molar-refractivity contribution < 1.29 is 27.8 Å². The van der Waals surface area contributed by atoms with Crippen molar-refractivity contribution in [3.8, 4) is 0 Å². The quantitative estimate of drug-likeness (QED) is 0.398. The molecule has 108 valence electrons. The van der Waals surface area contributed by atoms with Crippen LogP contribution in [0.15, 0.2) is 12.7 Å². The van der Waals surface area contributed by atoms with Gasteiger partial charge in [0.05, 0.1) is 27.7 Å². The summed E-state index contributed by atoms with van der Waals surface area (Å²) in [6, 6.07) is 0. The minimum absolute atomic E-state index is 0.116. The van der Waals surface area contributed by atoms with E-state index in [1.165, 1.54) is 0 Å². The van der Waals surface area contributed by atoms with Crippen LogP contribution in [0.3, 0.4) is 0 Å². The second kappa shape index (κ2) is 9.24. The average molecular weight is 282 g/mol. The zero-order chi connectivity index (χ0) is 14.8. The van der Waals surface area contributed by atoms with Gasteiger partial charge >= 0.3 is 0 Å². The SMILES string of the molecule is C=CC(N)=O.CCOP(=O)([O-])OCC[N+](C)(C)C. The number of phosphoric ester groups is 1. The Hall–Kier alpha value is -0.720. The molecule has 1 atom stereocenters. The third-order valence-electron chi connectivity index (χ3n) is 1.50. The highest BCUT2D eigenvalue weighted by molar-refractivity contribution is 7.45. The average Bonchev–Trinajstić information content (AvgIpc) is 2.15. The first kappa shape index (κ1) is 19.6. The zero-order valence-electron chi connectivity index (χ0n) is 11.4. The van der Waals surface area contributed by atoms with Crippen LogP contribution in [-0.4, -0.2) is 51.3 Å². The normalized spacial score (nSPS) is 14.1. The molecule has 1 unspecified atom stereocenters. The lowest BCUT2D eigenvalue weighted by molar-refractivity contribution is -0.870. The Morgan fingerprint density at radius 2 is 1.89 bits per heavy atom. The van der Waals surface area contributed by atoms with E-state index in [2.05, 4.69) is 21.4 Å². The maximum Gasteiger partial charge on any atom is 0.268 e. The number of nitrogens with two attached hydrogens (primary N) is 1. The molecule has 0 saturated heterocycles. The van der Waals surface area contributed by atoms with Gasteiger partial charge in [0.25, 0.3) is 7.82 Å². The van der Waals surface area contributed by atoms with Crippen LogP contribution in [-0.2, 0) is 18.4 Å². The van der Waals surface area contributed by atoms with Crippen molar-refractivity contribution in [1.82, 2.24) is 0 Å². The maximum absolute atomic E-state index is 10.9. The van der Waals surface area contributed by atoms with Gasteiger partial charge in [0.2, 0.25) is 5.91 Å². The van der Waals surface area contributed by atoms with Crippen molar-refractivity contribution in [2.24, 2.45) is 5.73 Å². The highest BCUT2D eigenvalue weighted by Crippen LogP contribution is 2.37. The predicted molar refractivity (Wildman–Crippen MR) is 67.5 cm³/mol. The van der Waals surface area contributed by atoms with Gasteiger partial charge in [-0.1, -0.05) is 6.58 Å². The summed E-state index contributed by atoms with van der Waals surface area (Å²) in [6.07, 6.45) is 1.06. The number of nitrogens with zero attached hydrogens (tertiary/aromatic N) is 1. The van der Waals surface area contributed by atoms with Gasteiger partial charge in [-0.2, -0.15) is 0 Å². The summed E-state index contributed by atoms with van der Waals surface area (Å²) in [4.78, 5) is 20.4. The fraction of sp³-hybridized carbons (Fsp3) is 0.700. The number of quaternary nitrogens is 1. The van der Waals surface area contributed by atoms with Crippen molar-refractivity contribution >= 4 is 13.7 Å². The molecule has 18 heavy (non-hydrogen) atoms. The fourth-order valence-electron chi connectivity index (χ4n) is 0.622. The maximum atomic E-state index is 10.9. The van der Waals surface area contributed by atoms with Gasteiger partial charge in [0.1, 0.15) is 13.2 Å². The second-order valence-corrected chi connectivity index (χ2v) is 5.73. The summed E-state index contributed by atoms with van der Waals surface area (Å²) >= 11 is 0. The van der Waals surface area contributed by atoms with Gasteiger partial charge in [0, 0.05) is 0 Å². The highest BCUT2D eigenvalue weighted by atomic mass is 31.2. The molecular weight excluding hydrogens is 259 g/mol. The number of primary amides is 1. The van der Waals surface area contributed by atoms with Gasteiger partial charge < -0.3 is 24.2 Å². The minimum Gasteiger partial charge on any atom is -0.756 e. The lowest BCUT2D eigenvalue weighted by Gasteiger charge is -2.26. The molecule has 0 aromatic carbocycles. The molecular formula is C10H23N2O5P. The van der Waals surface area contributed by atoms with Crippen LogP contribution in [0, 0.1) is 0 Å². The molecule has 0 bridgehead atoms. The Bertz CT molecular complexity index is 301. The summed E-state index contributed by atoms with van der Waals surface area (Å²) in [7, 11) is 1.84. The van der Waals surface area contributed by atoms with Crippen LogP contribution >= 0.6 is 7.82 Å². The van der Waals surface area contributed by atoms with E-state index in [0.29, 0.717) is 11.0 Å². The first-order valence-corrected chi connectivity index (χ1v) is 6.82. The van der Waals surface area contributed by atoms with Crippen LogP contribution in [0.1, 0.15) is 6.92 Å². The molecule has 0 heterocycles. The predicted octanol–water partition coefficient (Wildman–Crippen LogP) is -0.128. The van der Waals surface area contributed by atoms with E-state index < -0.39 is 13.7 Å². The summed E-state index contributed by atoms with van der Waals surface area (Å²) in [5, 5.41) is 0. The number of carbonyl (C=O) groups is 1. The Labute approximate surface area is 108 Å². The molecule has 0 fully saturated rings. The molecule has 0 aliphatic heterocycles. The molecule has 7 nitrogen and oxygen atoms in total. The lowest BCUT2D eigenvalue weighted by atomic mass is 10.5. The molecule has 0 aromatic rings. The third kappa shape index (κ3) is 17.7. The van der Waals surface area contributed by atoms with Gasteiger partial charge in [-0.05, 0) is 13.0 Å². The van der Waals surface area contributed by atoms with E-state index in [1.54, 1.807) is 6.92 Å². The number of carbonyl (C=O) groups excluding carboxylic acids is 1. The van der Waals surface area contributed by atoms with Crippen LogP contribution in [0.25, 0.3) is 0 Å². The second-order valence-electron chi connectivity index (χ2n) is 4.32. The number of phosphoric acid groups is 1. The zero-order valence-corrected chi connectivity index (χ0v) is 12.3. The Kier molecular flexibility index (Phi) is 10.1. The van der Waals surface area contributed by atoms with Crippen molar-refractivity contribution in [2.45, 2.75) is 6.92 Å². The Morgan fingerprint density at radius 1 is 1.44 bits per heavy atom. The number of hydrogen-bond acceptors (Lipinski definition) is 5. The molecule has 0 spiro atoms. The number of likely N-dealkylation sites (N-methyl/N-ethyl adjacent to an activating group) is 1. The van der Waals surface area contributed by atoms with E-state index in [0.717, 1.165) is 6.08 Å². The molecule has 0 aliphatic rings. The Balaban J connectivity index is 0. The van der Waals surface area contributed by atoms with E-state index in [-0.39, 0.29) is 13.2 Å². The van der Waals surface area contributed by atoms with E-state index in [4.69, 9.17) is 0 Å². The molecule has 0 aliphatic carbocycles. The summed E-state index contributed by atoms with van der Waals surface area (Å²) in [5.41, 5.74) is 4.53. The van der Waals surface area contributed by atoms with Crippen molar-refractivity contribution in [3.05, 3.63) is 12.7 Å². The number of amides is 1. The van der Waals surface area contributed by atoms with Crippen LogP contribution in [0.5, 0.6) is 0 Å². The van der Waals surface area contributed by atoms with Gasteiger partial charge in [0.15, 0.2) is 0 Å². The van der Waals surface area contributed by atoms with Crippen molar-refractivity contribution in [1.29, 1.82) is 0 Å². The summed E-state index contributed by atoms with van der Waals surface area (Å²) in [5.74, 6) is -0.481. The molecule has 0 saturated carbocycles. The highest BCUT2D eigenvalue weighted by Gasteiger charge is 2.11. The van der Waals surface area contributed by atoms with Gasteiger partial charge in [-0.3, -0.25) is 9.36 Å². The van der Waals surface area contributed by atoms with E-state index >= 15 is 0 Å². The fourth-order valence-corrected chi connectivity index (χ4v) is 1.32. The first-order chi connectivity index (χ1) is 8.04. The monoisotopic (exact) mass is 282 g/mol. The van der Waals surface area contributed by atoms with Crippen molar-refractivity contribution in [3.63, 3.8) is 0 Å². The summed E-state index contributed by atoms with van der Waals surface area (Å²) in [6.45, 7) is 5.59. The van der Waals surface area contributed by atoms with Crippen LogP contribution in [0.2, 0.25) is 0 Å². The molecule has 0 aromatic heterocycles. The van der Waals surface area contributed by atoms with Crippen LogP contribution in [0.4, 0.5) is 0 Å². The third-order valence-corrected chi connectivity index (χ3v) is 2.57. The first-order valence-electron chi connectivity index (χ1n) is 5.36. The Morgan fingerprint density at radius 3 is 2.17 bits per heavy atom. The molecule has 0 radical (unpaired) electrons. The lowest BCUT2D eigenvalue weighted by Crippen LogP contribution is -2.37. The largest absolute Gasteiger partial charge is 0.756 e. The number of rotatable bonds is 7. The van der Waals surface area contributed by atoms with Gasteiger partial charge in [-0.15, -0.1) is 0 Å². The van der Waals surface area contributed by atoms with Crippen molar-refractivity contribution in [2.75, 3.05) is 40.9 Å². The number of hydrogen-bond donors (Lipinski definition) is 1. The molecule has 0 rings (SSSR count). The molecule has 2 N–H and O–H groups in total. The van der Waals surface area contributed by atoms with Gasteiger partial charge in [-0.25, -0.2) is 0 Å². The van der Waals surface area contributed by atoms with E-state index in [9.17, 15) is 14.3 Å².